The number of nitrogens with one attached hydrogen (secondary N) is 1. The molecular weight excluding hydrogens is 419 g/mol. The predicted octanol–water partition coefficient (Wildman–Crippen LogP) is 3.45. The summed E-state index contributed by atoms with van der Waals surface area (Å²) in [5.74, 6) is -0.443. The van der Waals surface area contributed by atoms with Gasteiger partial charge >= 0.3 is 31.0 Å². The minimum Gasteiger partial charge on any atom is -0.399 e. The van der Waals surface area contributed by atoms with Gasteiger partial charge in [-0.2, -0.15) is 0 Å². The number of nitrogen functional groups attached to an aromatic ring is 1. The van der Waals surface area contributed by atoms with Crippen molar-refractivity contribution in [2.45, 2.75) is 115 Å². The van der Waals surface area contributed by atoms with Gasteiger partial charge in [-0.15, -0.1) is 0 Å². The molecule has 1 aromatic carbocycles. The van der Waals surface area contributed by atoms with Crippen molar-refractivity contribution in [3.8, 4) is 0 Å². The third-order valence-corrected chi connectivity index (χ3v) is 6.84. The fraction of sp³-hybridized carbons (Fsp3) is 0.708. The fourth-order valence-corrected chi connectivity index (χ4v) is 4.58. The van der Waals surface area contributed by atoms with Crippen LogP contribution in [0.4, 0.5) is 5.69 Å². The number of carbonyl (C=O) groups excluding carboxylic acids is 1. The monoisotopic (exact) mass is 462 g/mol. The second-order valence-corrected chi connectivity index (χ2v) is 9.98. The van der Waals surface area contributed by atoms with E-state index in [9.17, 15) is 13.2 Å². The summed E-state index contributed by atoms with van der Waals surface area (Å²) >= 11 is 0. The van der Waals surface area contributed by atoms with Crippen LogP contribution >= 0.6 is 0 Å². The second-order valence-electron chi connectivity index (χ2n) is 8.30. The summed E-state index contributed by atoms with van der Waals surface area (Å²) in [7, 11) is -3.80. The van der Waals surface area contributed by atoms with E-state index >= 15 is 0 Å². The first-order valence-electron chi connectivity index (χ1n) is 11.9. The zero-order valence-electron chi connectivity index (χ0n) is 20.8. The molecule has 0 fully saturated rings. The maximum Gasteiger partial charge on any atom is 1.00 e. The van der Waals surface area contributed by atoms with Crippen LogP contribution in [0, 0.1) is 0 Å². The Balaban J connectivity index is 0. The Hall–Kier alpha value is -0.560. The third-order valence-electron chi connectivity index (χ3n) is 5.45. The Morgan fingerprint density at radius 3 is 1.58 bits per heavy atom. The number of hydrogen-bond acceptors (Lipinski definition) is 4. The topological polar surface area (TPSA) is 89.3 Å². The minimum atomic E-state index is -3.80. The number of hydrogen-bond donors (Lipinski definition) is 2. The van der Waals surface area contributed by atoms with Gasteiger partial charge in [0.15, 0.2) is 0 Å². The Kier molecular flexibility index (Phi) is 18.6. The van der Waals surface area contributed by atoms with Crippen molar-refractivity contribution < 1.29 is 44.2 Å². The SMILES string of the molecule is CCCCCCCCCCCCCCCCCC(=O)NS(=O)(=O)c1ccc(N)cc1.[H+].[Na+]. The number of rotatable bonds is 18. The molecule has 5 nitrogen and oxygen atoms in total. The predicted molar refractivity (Wildman–Crippen MR) is 127 cm³/mol. The summed E-state index contributed by atoms with van der Waals surface area (Å²) in [6.45, 7) is 2.26. The summed E-state index contributed by atoms with van der Waals surface area (Å²) in [6, 6.07) is 5.82. The van der Waals surface area contributed by atoms with Crippen LogP contribution < -0.4 is 40.0 Å². The first-order valence-corrected chi connectivity index (χ1v) is 13.3. The average Bonchev–Trinajstić information content (AvgIpc) is 2.71. The van der Waals surface area contributed by atoms with Gasteiger partial charge in [-0.25, -0.2) is 13.1 Å². The molecule has 1 rings (SSSR count). The van der Waals surface area contributed by atoms with E-state index in [2.05, 4.69) is 11.6 Å². The molecule has 0 spiro atoms. The largest absolute Gasteiger partial charge is 1.00 e. The van der Waals surface area contributed by atoms with Gasteiger partial charge in [-0.05, 0) is 30.7 Å². The first kappa shape index (κ1) is 30.4. The smallest absolute Gasteiger partial charge is 0.399 e. The molecule has 0 atom stereocenters. The van der Waals surface area contributed by atoms with E-state index in [1.807, 2.05) is 0 Å². The van der Waals surface area contributed by atoms with Crippen molar-refractivity contribution in [3.05, 3.63) is 24.3 Å². The van der Waals surface area contributed by atoms with Gasteiger partial charge in [-0.3, -0.25) is 4.79 Å². The summed E-state index contributed by atoms with van der Waals surface area (Å²) in [4.78, 5) is 12.0. The molecule has 0 saturated heterocycles. The zero-order chi connectivity index (χ0) is 22.1. The van der Waals surface area contributed by atoms with Crippen LogP contribution in [0.15, 0.2) is 29.2 Å². The summed E-state index contributed by atoms with van der Waals surface area (Å²) in [5.41, 5.74) is 6.04. The number of sulfonamides is 1. The van der Waals surface area contributed by atoms with Crippen molar-refractivity contribution in [3.63, 3.8) is 0 Å². The van der Waals surface area contributed by atoms with E-state index in [0.29, 0.717) is 5.69 Å². The number of benzene rings is 1. The number of amides is 1. The van der Waals surface area contributed by atoms with Crippen LogP contribution in [-0.4, -0.2) is 14.3 Å². The van der Waals surface area contributed by atoms with Gasteiger partial charge in [0.1, 0.15) is 0 Å². The van der Waals surface area contributed by atoms with Crippen LogP contribution in [0.5, 0.6) is 0 Å². The minimum absolute atomic E-state index is 0. The molecule has 0 heterocycles. The maximum atomic E-state index is 12.1. The third kappa shape index (κ3) is 15.8. The molecule has 31 heavy (non-hydrogen) atoms. The van der Waals surface area contributed by atoms with Crippen molar-refractivity contribution in [1.29, 1.82) is 0 Å². The van der Waals surface area contributed by atoms with Crippen LogP contribution in [0.2, 0.25) is 0 Å². The van der Waals surface area contributed by atoms with Gasteiger partial charge in [0.25, 0.3) is 10.0 Å². The molecule has 0 aliphatic heterocycles. The van der Waals surface area contributed by atoms with E-state index < -0.39 is 15.9 Å². The molecule has 0 aliphatic carbocycles. The van der Waals surface area contributed by atoms with E-state index in [4.69, 9.17) is 5.73 Å². The molecule has 3 N–H and O–H groups in total. The standard InChI is InChI=1S/C24H42N2O3S.Na/c1-2-3-4-5-6-7-8-9-10-11-12-13-14-15-16-17-24(27)26-30(28,29)23-20-18-22(25)19-21-23;/h18-21H,2-17,25H2,1H3,(H,26,27);/q;+1/p+1. The van der Waals surface area contributed by atoms with E-state index in [1.54, 1.807) is 0 Å². The van der Waals surface area contributed by atoms with Crippen LogP contribution in [0.1, 0.15) is 111 Å². The molecule has 0 aromatic heterocycles. The van der Waals surface area contributed by atoms with Crippen LogP contribution in [0.25, 0.3) is 0 Å². The molecule has 0 unspecified atom stereocenters. The Morgan fingerprint density at radius 1 is 0.774 bits per heavy atom. The Labute approximate surface area is 214 Å². The van der Waals surface area contributed by atoms with E-state index in [0.717, 1.165) is 19.3 Å². The van der Waals surface area contributed by atoms with Gasteiger partial charge in [0.05, 0.1) is 4.90 Å². The Morgan fingerprint density at radius 2 is 1.16 bits per heavy atom. The molecule has 1 amide bonds. The van der Waals surface area contributed by atoms with Crippen LogP contribution in [0.3, 0.4) is 0 Å². The van der Waals surface area contributed by atoms with Crippen molar-refractivity contribution >= 4 is 21.6 Å². The van der Waals surface area contributed by atoms with Gasteiger partial charge in [0.2, 0.25) is 5.91 Å². The molecule has 0 saturated carbocycles. The van der Waals surface area contributed by atoms with Crippen molar-refractivity contribution in [1.82, 2.24) is 4.72 Å². The molecule has 172 valence electrons. The summed E-state index contributed by atoms with van der Waals surface area (Å²) in [6.07, 6.45) is 19.2. The molecule has 0 aliphatic rings. The van der Waals surface area contributed by atoms with Gasteiger partial charge in [-0.1, -0.05) is 96.8 Å². The molecular formula is C24H43N2NaO3S+2. The summed E-state index contributed by atoms with van der Waals surface area (Å²) in [5, 5.41) is 0. The average molecular weight is 463 g/mol. The quantitative estimate of drug-likeness (QED) is 0.199. The van der Waals surface area contributed by atoms with E-state index in [1.165, 1.54) is 101 Å². The van der Waals surface area contributed by atoms with Crippen molar-refractivity contribution in [2.24, 2.45) is 0 Å². The number of anilines is 1. The molecule has 0 radical (unpaired) electrons. The maximum absolute atomic E-state index is 12.1. The van der Waals surface area contributed by atoms with E-state index in [-0.39, 0.29) is 42.3 Å². The number of nitrogens with two attached hydrogens (primary N) is 1. The normalized spacial score (nSPS) is 11.1. The molecule has 7 heteroatoms. The molecule has 0 bridgehead atoms. The van der Waals surface area contributed by atoms with Crippen LogP contribution in [-0.2, 0) is 14.8 Å². The number of carbonyl (C=O) groups is 1. The Bertz CT molecular complexity index is 685. The first-order chi connectivity index (χ1) is 14.5. The number of unbranched alkanes of at least 4 members (excludes halogenated alkanes) is 14. The van der Waals surface area contributed by atoms with Gasteiger partial charge < -0.3 is 5.73 Å². The van der Waals surface area contributed by atoms with Crippen molar-refractivity contribution in [2.75, 3.05) is 5.73 Å². The summed E-state index contributed by atoms with van der Waals surface area (Å²) < 4.78 is 26.4. The fourth-order valence-electron chi connectivity index (χ4n) is 3.56. The molecule has 1 aromatic rings. The zero-order valence-corrected chi connectivity index (χ0v) is 22.6. The van der Waals surface area contributed by atoms with Gasteiger partial charge in [0, 0.05) is 12.1 Å². The second kappa shape index (κ2) is 19.0.